The third-order valence-corrected chi connectivity index (χ3v) is 6.99. The predicted octanol–water partition coefficient (Wildman–Crippen LogP) is 8.14. The average molecular weight is 484 g/mol. The summed E-state index contributed by atoms with van der Waals surface area (Å²) in [6, 6.07) is 21.2. The summed E-state index contributed by atoms with van der Waals surface area (Å²) in [5.41, 5.74) is 3.33. The number of carbonyl (C=O) groups is 1. The van der Waals surface area contributed by atoms with Crippen LogP contribution in [0.3, 0.4) is 0 Å². The van der Waals surface area contributed by atoms with Gasteiger partial charge in [-0.1, -0.05) is 80.0 Å². The standard InChI is InChI=1S/C26H23Cl2NO2S/c1-26(2,3)17-6-11-20(12-7-17)32-24-21-14-19(28)10-13-22(21)29(23(24)25(30)31)15-16-4-8-18(27)9-5-16/h4-14H,15H2,1-3H3,(H,30,31). The Bertz CT molecular complexity index is 1290. The van der Waals surface area contributed by atoms with Gasteiger partial charge in [-0.05, 0) is 59.0 Å². The van der Waals surface area contributed by atoms with Gasteiger partial charge in [-0.15, -0.1) is 0 Å². The molecule has 0 unspecified atom stereocenters. The zero-order chi connectivity index (χ0) is 23.0. The summed E-state index contributed by atoms with van der Waals surface area (Å²) < 4.78 is 1.84. The Morgan fingerprint density at radius 1 is 0.938 bits per heavy atom. The van der Waals surface area contributed by atoms with Crippen LogP contribution in [0.5, 0.6) is 0 Å². The summed E-state index contributed by atoms with van der Waals surface area (Å²) in [5.74, 6) is -0.972. The van der Waals surface area contributed by atoms with Crippen LogP contribution in [0.15, 0.2) is 76.5 Å². The van der Waals surface area contributed by atoms with Crippen LogP contribution in [0.25, 0.3) is 10.9 Å². The van der Waals surface area contributed by atoms with Crippen LogP contribution in [0.1, 0.15) is 42.4 Å². The van der Waals surface area contributed by atoms with Crippen LogP contribution >= 0.6 is 35.0 Å². The Kier molecular flexibility index (Phi) is 6.30. The largest absolute Gasteiger partial charge is 0.477 e. The number of aromatic carboxylic acids is 1. The summed E-state index contributed by atoms with van der Waals surface area (Å²) >= 11 is 13.8. The molecule has 4 aromatic rings. The van der Waals surface area contributed by atoms with E-state index in [0.29, 0.717) is 21.5 Å². The van der Waals surface area contributed by atoms with Crippen LogP contribution in [0, 0.1) is 0 Å². The third-order valence-electron chi connectivity index (χ3n) is 5.38. The molecule has 0 bridgehead atoms. The fraction of sp³-hybridized carbons (Fsp3) is 0.192. The van der Waals surface area contributed by atoms with Gasteiger partial charge in [0.25, 0.3) is 0 Å². The van der Waals surface area contributed by atoms with Gasteiger partial charge in [0.15, 0.2) is 0 Å². The smallest absolute Gasteiger partial charge is 0.353 e. The number of hydrogen-bond acceptors (Lipinski definition) is 2. The van der Waals surface area contributed by atoms with E-state index in [-0.39, 0.29) is 11.1 Å². The molecule has 0 aliphatic carbocycles. The lowest BCUT2D eigenvalue weighted by atomic mass is 9.87. The van der Waals surface area contributed by atoms with Crippen LogP contribution in [0.4, 0.5) is 0 Å². The van der Waals surface area contributed by atoms with Crippen LogP contribution in [-0.4, -0.2) is 15.6 Å². The summed E-state index contributed by atoms with van der Waals surface area (Å²) in [6.07, 6.45) is 0. The molecule has 1 N–H and O–H groups in total. The van der Waals surface area contributed by atoms with Crippen molar-refractivity contribution in [1.82, 2.24) is 4.57 Å². The zero-order valence-corrected chi connectivity index (χ0v) is 20.4. The van der Waals surface area contributed by atoms with Gasteiger partial charge in [-0.2, -0.15) is 0 Å². The minimum absolute atomic E-state index is 0.0531. The highest BCUT2D eigenvalue weighted by molar-refractivity contribution is 7.99. The molecule has 4 rings (SSSR count). The van der Waals surface area contributed by atoms with E-state index in [4.69, 9.17) is 23.2 Å². The van der Waals surface area contributed by atoms with Gasteiger partial charge in [0.1, 0.15) is 5.69 Å². The van der Waals surface area contributed by atoms with Gasteiger partial charge < -0.3 is 9.67 Å². The average Bonchev–Trinajstić information content (AvgIpc) is 3.02. The molecule has 3 nitrogen and oxygen atoms in total. The third kappa shape index (κ3) is 4.68. The number of benzene rings is 3. The van der Waals surface area contributed by atoms with Crippen molar-refractivity contribution in [1.29, 1.82) is 0 Å². The molecule has 1 aromatic heterocycles. The lowest BCUT2D eigenvalue weighted by molar-refractivity contribution is 0.0682. The SMILES string of the molecule is CC(C)(C)c1ccc(Sc2c(C(=O)O)n(Cc3ccc(Cl)cc3)c3ccc(Cl)cc23)cc1. The fourth-order valence-electron chi connectivity index (χ4n) is 3.69. The minimum Gasteiger partial charge on any atom is -0.477 e. The van der Waals surface area contributed by atoms with E-state index in [2.05, 4.69) is 32.9 Å². The number of carboxylic acids is 1. The molecule has 0 saturated carbocycles. The van der Waals surface area contributed by atoms with E-state index in [1.807, 2.05) is 53.1 Å². The Labute approximate surface area is 202 Å². The Morgan fingerprint density at radius 2 is 1.56 bits per heavy atom. The fourth-order valence-corrected chi connectivity index (χ4v) is 5.06. The normalized spacial score (nSPS) is 11.8. The second kappa shape index (κ2) is 8.86. The molecule has 0 spiro atoms. The van der Waals surface area contributed by atoms with Crippen molar-refractivity contribution >= 4 is 51.8 Å². The van der Waals surface area contributed by atoms with E-state index in [0.717, 1.165) is 21.4 Å². The minimum atomic E-state index is -0.972. The Balaban J connectivity index is 1.84. The zero-order valence-electron chi connectivity index (χ0n) is 18.0. The molecule has 1 heterocycles. The molecule has 6 heteroatoms. The molecule has 32 heavy (non-hydrogen) atoms. The van der Waals surface area contributed by atoms with E-state index < -0.39 is 5.97 Å². The highest BCUT2D eigenvalue weighted by atomic mass is 35.5. The van der Waals surface area contributed by atoms with Crippen molar-refractivity contribution < 1.29 is 9.90 Å². The molecule has 0 saturated heterocycles. The molecule has 0 aliphatic rings. The van der Waals surface area contributed by atoms with E-state index in [1.54, 1.807) is 6.07 Å². The van der Waals surface area contributed by atoms with Gasteiger partial charge in [0.05, 0.1) is 10.4 Å². The highest BCUT2D eigenvalue weighted by Crippen LogP contribution is 2.40. The van der Waals surface area contributed by atoms with Crippen LogP contribution < -0.4 is 0 Å². The summed E-state index contributed by atoms with van der Waals surface area (Å²) in [7, 11) is 0. The lowest BCUT2D eigenvalue weighted by Gasteiger charge is -2.19. The maximum atomic E-state index is 12.4. The van der Waals surface area contributed by atoms with E-state index in [9.17, 15) is 9.90 Å². The van der Waals surface area contributed by atoms with Gasteiger partial charge in [0, 0.05) is 26.9 Å². The lowest BCUT2D eigenvalue weighted by Crippen LogP contribution is -2.10. The number of aromatic nitrogens is 1. The van der Waals surface area contributed by atoms with Crippen molar-refractivity contribution in [2.75, 3.05) is 0 Å². The molecule has 0 radical (unpaired) electrons. The first kappa shape index (κ1) is 22.8. The van der Waals surface area contributed by atoms with Gasteiger partial charge in [0.2, 0.25) is 0 Å². The van der Waals surface area contributed by atoms with Crippen molar-refractivity contribution in [3.8, 4) is 0 Å². The number of halogens is 2. The first-order valence-electron chi connectivity index (χ1n) is 10.2. The summed E-state index contributed by atoms with van der Waals surface area (Å²) in [6.45, 7) is 6.93. The number of carboxylic acid groups (broad SMARTS) is 1. The van der Waals surface area contributed by atoms with Crippen molar-refractivity contribution in [3.63, 3.8) is 0 Å². The summed E-state index contributed by atoms with van der Waals surface area (Å²) in [5, 5.41) is 12.2. The van der Waals surface area contributed by atoms with Crippen molar-refractivity contribution in [2.45, 2.75) is 42.5 Å². The quantitative estimate of drug-likeness (QED) is 0.311. The number of hydrogen-bond donors (Lipinski definition) is 1. The monoisotopic (exact) mass is 483 g/mol. The molecule has 0 amide bonds. The van der Waals surface area contributed by atoms with Crippen molar-refractivity contribution in [2.24, 2.45) is 0 Å². The predicted molar refractivity (Wildman–Crippen MR) is 134 cm³/mol. The second-order valence-corrected chi connectivity index (χ2v) is 10.7. The van der Waals surface area contributed by atoms with E-state index in [1.165, 1.54) is 17.3 Å². The van der Waals surface area contributed by atoms with Crippen molar-refractivity contribution in [3.05, 3.63) is 93.6 Å². The molecule has 0 fully saturated rings. The first-order valence-corrected chi connectivity index (χ1v) is 11.8. The van der Waals surface area contributed by atoms with Crippen LogP contribution in [-0.2, 0) is 12.0 Å². The number of nitrogens with zero attached hydrogens (tertiary/aromatic N) is 1. The summed E-state index contributed by atoms with van der Waals surface area (Å²) in [4.78, 5) is 14.1. The molecular weight excluding hydrogens is 461 g/mol. The second-order valence-electron chi connectivity index (χ2n) is 8.73. The Morgan fingerprint density at radius 3 is 2.16 bits per heavy atom. The molecule has 0 atom stereocenters. The molecule has 164 valence electrons. The van der Waals surface area contributed by atoms with Gasteiger partial charge in [-0.25, -0.2) is 4.79 Å². The van der Waals surface area contributed by atoms with E-state index >= 15 is 0 Å². The topological polar surface area (TPSA) is 42.2 Å². The number of fused-ring (bicyclic) bond motifs is 1. The highest BCUT2D eigenvalue weighted by Gasteiger charge is 2.24. The Hall–Kier alpha value is -2.40. The molecule has 3 aromatic carbocycles. The van der Waals surface area contributed by atoms with Gasteiger partial charge in [-0.3, -0.25) is 0 Å². The maximum Gasteiger partial charge on any atom is 0.353 e. The molecular formula is C26H23Cl2NO2S. The number of rotatable bonds is 5. The van der Waals surface area contributed by atoms with Gasteiger partial charge >= 0.3 is 5.97 Å². The van der Waals surface area contributed by atoms with Crippen LogP contribution in [0.2, 0.25) is 10.0 Å². The first-order chi connectivity index (χ1) is 15.1. The molecule has 0 aliphatic heterocycles. The maximum absolute atomic E-state index is 12.4.